The van der Waals surface area contributed by atoms with Crippen molar-refractivity contribution in [2.45, 2.75) is 19.4 Å². The molecule has 0 aliphatic heterocycles. The molecule has 0 aliphatic rings. The largest absolute Gasteiger partial charge is 0.392 e. The quantitative estimate of drug-likeness (QED) is 0.725. The lowest BCUT2D eigenvalue weighted by Gasteiger charge is -2.02. The maximum atomic E-state index is 9.20. The van der Waals surface area contributed by atoms with Crippen LogP contribution in [0.25, 0.3) is 0 Å². The summed E-state index contributed by atoms with van der Waals surface area (Å²) in [5.74, 6) is 0.316. The fourth-order valence-corrected chi connectivity index (χ4v) is 1.95. The highest BCUT2D eigenvalue weighted by molar-refractivity contribution is 7.11. The van der Waals surface area contributed by atoms with Crippen molar-refractivity contribution in [3.63, 3.8) is 0 Å². The van der Waals surface area contributed by atoms with Crippen LogP contribution < -0.4 is 0 Å². The number of aryl methyl sites for hydroxylation is 1. The molecule has 1 nitrogen and oxygen atoms in total. The predicted molar refractivity (Wildman–Crippen MR) is 49.5 cm³/mol. The van der Waals surface area contributed by atoms with Crippen LogP contribution in [0.1, 0.15) is 9.75 Å². The normalized spacial score (nSPS) is 13.4. The third-order valence-electron chi connectivity index (χ3n) is 1.41. The van der Waals surface area contributed by atoms with Crippen molar-refractivity contribution in [1.82, 2.24) is 0 Å². The summed E-state index contributed by atoms with van der Waals surface area (Å²) in [4.78, 5) is 2.48. The van der Waals surface area contributed by atoms with Crippen molar-refractivity contribution in [1.29, 1.82) is 0 Å². The summed E-state index contributed by atoms with van der Waals surface area (Å²) in [6.07, 6.45) is 0.289. The molecule has 1 atom stereocenters. The molecule has 62 valence electrons. The molecule has 1 N–H and O–H groups in total. The summed E-state index contributed by atoms with van der Waals surface area (Å²) in [6, 6.07) is 4.09. The lowest BCUT2D eigenvalue weighted by molar-refractivity contribution is 0.199. The van der Waals surface area contributed by atoms with E-state index in [1.165, 1.54) is 9.75 Å². The van der Waals surface area contributed by atoms with E-state index in [1.807, 2.05) is 6.07 Å². The topological polar surface area (TPSA) is 20.2 Å². The second-order valence-corrected chi connectivity index (χ2v) is 4.21. The van der Waals surface area contributed by atoms with Gasteiger partial charge in [-0.15, -0.1) is 22.9 Å². The first-order chi connectivity index (χ1) is 5.22. The Morgan fingerprint density at radius 1 is 1.64 bits per heavy atom. The Morgan fingerprint density at radius 2 is 2.36 bits per heavy atom. The standard InChI is InChI=1S/C8H11ClOS/c1-6-2-3-8(11-6)4-7(10)5-9/h2-3,7,10H,4-5H2,1H3. The third-order valence-corrected chi connectivity index (χ3v) is 2.79. The van der Waals surface area contributed by atoms with Gasteiger partial charge in [-0.1, -0.05) is 0 Å². The number of hydrogen-bond acceptors (Lipinski definition) is 2. The second kappa shape index (κ2) is 4.10. The van der Waals surface area contributed by atoms with Gasteiger partial charge in [0, 0.05) is 22.1 Å². The molecule has 1 heterocycles. The van der Waals surface area contributed by atoms with E-state index in [2.05, 4.69) is 13.0 Å². The van der Waals surface area contributed by atoms with E-state index in [9.17, 15) is 5.11 Å². The lowest BCUT2D eigenvalue weighted by atomic mass is 10.2. The number of thiophene rings is 1. The van der Waals surface area contributed by atoms with Gasteiger partial charge < -0.3 is 5.11 Å². The smallest absolute Gasteiger partial charge is 0.0723 e. The maximum absolute atomic E-state index is 9.20. The van der Waals surface area contributed by atoms with Crippen molar-refractivity contribution < 1.29 is 5.11 Å². The SMILES string of the molecule is Cc1ccc(CC(O)CCl)s1. The first-order valence-electron chi connectivity index (χ1n) is 3.51. The summed E-state index contributed by atoms with van der Waals surface area (Å²) in [7, 11) is 0. The fourth-order valence-electron chi connectivity index (χ4n) is 0.882. The average Bonchev–Trinajstić information content (AvgIpc) is 2.35. The van der Waals surface area contributed by atoms with Crippen molar-refractivity contribution in [3.05, 3.63) is 21.9 Å². The van der Waals surface area contributed by atoms with E-state index in [4.69, 9.17) is 11.6 Å². The molecule has 0 fully saturated rings. The van der Waals surface area contributed by atoms with Gasteiger partial charge in [0.25, 0.3) is 0 Å². The molecular weight excluding hydrogens is 180 g/mol. The summed E-state index contributed by atoms with van der Waals surface area (Å²) in [5, 5.41) is 9.20. The maximum Gasteiger partial charge on any atom is 0.0723 e. The van der Waals surface area contributed by atoms with E-state index in [1.54, 1.807) is 11.3 Å². The van der Waals surface area contributed by atoms with Crippen LogP contribution in [0.15, 0.2) is 12.1 Å². The zero-order chi connectivity index (χ0) is 8.27. The molecular formula is C8H11ClOS. The third kappa shape index (κ3) is 2.81. The van der Waals surface area contributed by atoms with Crippen LogP contribution in [0.4, 0.5) is 0 Å². The molecule has 1 unspecified atom stereocenters. The molecule has 0 spiro atoms. The Labute approximate surface area is 75.6 Å². The number of halogens is 1. The summed E-state index contributed by atoms with van der Waals surface area (Å²) >= 11 is 7.18. The average molecular weight is 191 g/mol. The predicted octanol–water partition coefficient (Wildman–Crippen LogP) is 2.20. The van der Waals surface area contributed by atoms with Crippen molar-refractivity contribution in [2.24, 2.45) is 0 Å². The first-order valence-corrected chi connectivity index (χ1v) is 4.87. The monoisotopic (exact) mass is 190 g/mol. The van der Waals surface area contributed by atoms with Crippen molar-refractivity contribution >= 4 is 22.9 Å². The van der Waals surface area contributed by atoms with Gasteiger partial charge in [0.1, 0.15) is 0 Å². The zero-order valence-electron chi connectivity index (χ0n) is 6.38. The molecule has 0 aromatic carbocycles. The van der Waals surface area contributed by atoms with Crippen LogP contribution in [-0.2, 0) is 6.42 Å². The number of alkyl halides is 1. The highest BCUT2D eigenvalue weighted by Crippen LogP contribution is 2.16. The number of hydrogen-bond donors (Lipinski definition) is 1. The van der Waals surface area contributed by atoms with Gasteiger partial charge in [0.05, 0.1) is 6.10 Å². The Balaban J connectivity index is 2.50. The van der Waals surface area contributed by atoms with Gasteiger partial charge >= 0.3 is 0 Å². The van der Waals surface area contributed by atoms with E-state index in [0.29, 0.717) is 12.3 Å². The van der Waals surface area contributed by atoms with Gasteiger partial charge in [0.2, 0.25) is 0 Å². The Kier molecular flexibility index (Phi) is 3.37. The number of aliphatic hydroxyl groups excluding tert-OH is 1. The van der Waals surface area contributed by atoms with E-state index in [0.717, 1.165) is 0 Å². The molecule has 0 bridgehead atoms. The van der Waals surface area contributed by atoms with Crippen LogP contribution >= 0.6 is 22.9 Å². The highest BCUT2D eigenvalue weighted by Gasteiger charge is 2.04. The minimum absolute atomic E-state index is 0.316. The van der Waals surface area contributed by atoms with Crippen LogP contribution in [0.2, 0.25) is 0 Å². The molecule has 0 amide bonds. The summed E-state index contributed by atoms with van der Waals surface area (Å²) in [5.41, 5.74) is 0. The molecule has 11 heavy (non-hydrogen) atoms. The van der Waals surface area contributed by atoms with Crippen LogP contribution in [0, 0.1) is 6.92 Å². The Bertz CT molecular complexity index is 222. The molecule has 0 saturated heterocycles. The Morgan fingerprint density at radius 3 is 2.82 bits per heavy atom. The Hall–Kier alpha value is -0.0500. The molecule has 1 aromatic rings. The van der Waals surface area contributed by atoms with Gasteiger partial charge in [-0.2, -0.15) is 0 Å². The second-order valence-electron chi connectivity index (χ2n) is 2.52. The van der Waals surface area contributed by atoms with Crippen LogP contribution in [-0.4, -0.2) is 17.1 Å². The van der Waals surface area contributed by atoms with Gasteiger partial charge in [0.15, 0.2) is 0 Å². The summed E-state index contributed by atoms with van der Waals surface area (Å²) in [6.45, 7) is 2.06. The molecule has 1 rings (SSSR count). The van der Waals surface area contributed by atoms with E-state index >= 15 is 0 Å². The van der Waals surface area contributed by atoms with Gasteiger partial charge in [-0.3, -0.25) is 0 Å². The molecule has 0 radical (unpaired) electrons. The first kappa shape index (κ1) is 9.04. The van der Waals surface area contributed by atoms with E-state index in [-0.39, 0.29) is 0 Å². The van der Waals surface area contributed by atoms with E-state index < -0.39 is 6.10 Å². The highest BCUT2D eigenvalue weighted by atomic mass is 35.5. The fraction of sp³-hybridized carbons (Fsp3) is 0.500. The van der Waals surface area contributed by atoms with Crippen molar-refractivity contribution in [2.75, 3.05) is 5.88 Å². The lowest BCUT2D eigenvalue weighted by Crippen LogP contribution is -2.10. The number of rotatable bonds is 3. The summed E-state index contributed by atoms with van der Waals surface area (Å²) < 4.78 is 0. The minimum Gasteiger partial charge on any atom is -0.392 e. The minimum atomic E-state index is -0.394. The van der Waals surface area contributed by atoms with Crippen molar-refractivity contribution in [3.8, 4) is 0 Å². The zero-order valence-corrected chi connectivity index (χ0v) is 7.95. The molecule has 0 saturated carbocycles. The van der Waals surface area contributed by atoms with Crippen LogP contribution in [0.3, 0.4) is 0 Å². The molecule has 0 aliphatic carbocycles. The molecule has 3 heteroatoms. The number of aliphatic hydroxyl groups is 1. The van der Waals surface area contributed by atoms with Gasteiger partial charge in [-0.05, 0) is 19.1 Å². The van der Waals surface area contributed by atoms with Gasteiger partial charge in [-0.25, -0.2) is 0 Å². The molecule has 1 aromatic heterocycles. The van der Waals surface area contributed by atoms with Crippen LogP contribution in [0.5, 0.6) is 0 Å².